The maximum absolute atomic E-state index is 12.2. The van der Waals surface area contributed by atoms with Crippen LogP contribution in [0.15, 0.2) is 48.5 Å². The first-order valence-corrected chi connectivity index (χ1v) is 9.89. The molecule has 2 aromatic carbocycles. The molecule has 0 radical (unpaired) electrons. The largest absolute Gasteiger partial charge is 0.497 e. The summed E-state index contributed by atoms with van der Waals surface area (Å²) in [5.41, 5.74) is 5.78. The minimum atomic E-state index is -0.491. The summed E-state index contributed by atoms with van der Waals surface area (Å²) in [5, 5.41) is 5.05. The first kappa shape index (κ1) is 23.6. The molecule has 0 heterocycles. The molecular formula is C21H24N4O5S. The molecule has 2 aromatic rings. The number of carbonyl (C=O) groups excluding carboxylic acids is 3. The minimum Gasteiger partial charge on any atom is -0.497 e. The lowest BCUT2D eigenvalue weighted by Crippen LogP contribution is -2.49. The van der Waals surface area contributed by atoms with Crippen molar-refractivity contribution in [3.05, 3.63) is 54.1 Å². The van der Waals surface area contributed by atoms with Crippen LogP contribution in [0.5, 0.6) is 11.5 Å². The normalized spacial score (nSPS) is 9.87. The van der Waals surface area contributed by atoms with E-state index in [9.17, 15) is 14.4 Å². The summed E-state index contributed by atoms with van der Waals surface area (Å²) in [5.74, 6) is 0.136. The summed E-state index contributed by atoms with van der Waals surface area (Å²) in [6.07, 6.45) is 1.18. The van der Waals surface area contributed by atoms with E-state index in [2.05, 4.69) is 21.5 Å². The molecule has 0 unspecified atom stereocenters. The molecule has 0 saturated heterocycles. The number of methoxy groups -OCH3 is 1. The van der Waals surface area contributed by atoms with Crippen molar-refractivity contribution >= 4 is 40.7 Å². The van der Waals surface area contributed by atoms with Crippen molar-refractivity contribution in [3.63, 3.8) is 0 Å². The Morgan fingerprint density at radius 2 is 1.55 bits per heavy atom. The van der Waals surface area contributed by atoms with Crippen LogP contribution in [0.3, 0.4) is 0 Å². The van der Waals surface area contributed by atoms with E-state index < -0.39 is 11.8 Å². The highest BCUT2D eigenvalue weighted by atomic mass is 32.1. The molecule has 0 atom stereocenters. The Bertz CT molecular complexity index is 916. The summed E-state index contributed by atoms with van der Waals surface area (Å²) in [6.45, 7) is 1.66. The number of hydrazine groups is 1. The summed E-state index contributed by atoms with van der Waals surface area (Å²) < 4.78 is 10.4. The van der Waals surface area contributed by atoms with Crippen molar-refractivity contribution in [2.24, 2.45) is 0 Å². The van der Waals surface area contributed by atoms with Gasteiger partial charge in [-0.3, -0.25) is 30.6 Å². The van der Waals surface area contributed by atoms with Crippen molar-refractivity contribution < 1.29 is 23.9 Å². The first-order valence-electron chi connectivity index (χ1n) is 9.48. The van der Waals surface area contributed by atoms with E-state index in [4.69, 9.17) is 21.7 Å². The van der Waals surface area contributed by atoms with Gasteiger partial charge in [0.15, 0.2) is 11.7 Å². The zero-order valence-corrected chi connectivity index (χ0v) is 18.0. The molecule has 9 nitrogen and oxygen atoms in total. The highest BCUT2D eigenvalue weighted by Gasteiger charge is 2.09. The van der Waals surface area contributed by atoms with E-state index >= 15 is 0 Å². The van der Waals surface area contributed by atoms with Crippen LogP contribution in [-0.4, -0.2) is 36.6 Å². The smallest absolute Gasteiger partial charge is 0.269 e. The summed E-state index contributed by atoms with van der Waals surface area (Å²) in [4.78, 5) is 35.7. The average molecular weight is 445 g/mol. The Balaban J connectivity index is 1.72. The molecule has 0 saturated carbocycles. The number of benzene rings is 2. The number of anilines is 1. The number of carbonyl (C=O) groups is 3. The van der Waals surface area contributed by atoms with Gasteiger partial charge < -0.3 is 14.8 Å². The summed E-state index contributed by atoms with van der Waals surface area (Å²) in [7, 11) is 1.55. The van der Waals surface area contributed by atoms with Gasteiger partial charge in [-0.1, -0.05) is 6.92 Å². The third kappa shape index (κ3) is 8.31. The number of rotatable bonds is 8. The lowest BCUT2D eigenvalue weighted by atomic mass is 10.2. The van der Waals surface area contributed by atoms with Gasteiger partial charge in [0.25, 0.3) is 11.8 Å². The van der Waals surface area contributed by atoms with Gasteiger partial charge in [0, 0.05) is 17.7 Å². The van der Waals surface area contributed by atoms with Gasteiger partial charge in [0.1, 0.15) is 11.5 Å². The number of amides is 3. The van der Waals surface area contributed by atoms with Crippen LogP contribution in [-0.2, 0) is 9.59 Å². The number of thiocarbonyl (C=S) groups is 1. The van der Waals surface area contributed by atoms with Gasteiger partial charge in [-0.2, -0.15) is 0 Å². The standard InChI is InChI=1S/C21H24N4O5S/c1-3-4-18(26)22-15-7-5-14(6-8-15)20(28)24-25-21(31)23-19(27)13-30-17-11-9-16(29-2)10-12-17/h5-12H,3-4,13H2,1-2H3,(H,22,26)(H,24,28)(H2,23,25,27,31). The highest BCUT2D eigenvalue weighted by Crippen LogP contribution is 2.16. The zero-order chi connectivity index (χ0) is 22.6. The summed E-state index contributed by atoms with van der Waals surface area (Å²) in [6, 6.07) is 13.1. The van der Waals surface area contributed by atoms with Gasteiger partial charge in [-0.15, -0.1) is 0 Å². The van der Waals surface area contributed by atoms with Crippen molar-refractivity contribution in [2.45, 2.75) is 19.8 Å². The molecule has 10 heteroatoms. The van der Waals surface area contributed by atoms with E-state index in [0.29, 0.717) is 29.2 Å². The maximum atomic E-state index is 12.2. The molecular weight excluding hydrogens is 420 g/mol. The van der Waals surface area contributed by atoms with Gasteiger partial charge in [-0.05, 0) is 67.2 Å². The van der Waals surface area contributed by atoms with E-state index in [1.54, 1.807) is 55.6 Å². The molecule has 0 aliphatic rings. The molecule has 0 aromatic heterocycles. The van der Waals surface area contributed by atoms with Crippen LogP contribution in [0.1, 0.15) is 30.1 Å². The second kappa shape index (κ2) is 12.1. The predicted octanol–water partition coefficient (Wildman–Crippen LogP) is 2.15. The van der Waals surface area contributed by atoms with Crippen molar-refractivity contribution in [1.82, 2.24) is 16.2 Å². The van der Waals surface area contributed by atoms with E-state index in [0.717, 1.165) is 6.42 Å². The van der Waals surface area contributed by atoms with Crippen LogP contribution >= 0.6 is 12.2 Å². The number of nitrogens with one attached hydrogen (secondary N) is 4. The monoisotopic (exact) mass is 444 g/mol. The quantitative estimate of drug-likeness (QED) is 0.364. The van der Waals surface area contributed by atoms with Crippen LogP contribution in [0.2, 0.25) is 0 Å². The van der Waals surface area contributed by atoms with Gasteiger partial charge in [0.05, 0.1) is 7.11 Å². The lowest BCUT2D eigenvalue weighted by Gasteiger charge is -2.12. The number of hydrogen-bond acceptors (Lipinski definition) is 6. The fourth-order valence-electron chi connectivity index (χ4n) is 2.36. The van der Waals surface area contributed by atoms with E-state index in [1.807, 2.05) is 6.92 Å². The topological polar surface area (TPSA) is 118 Å². The molecule has 164 valence electrons. The Morgan fingerprint density at radius 3 is 2.16 bits per heavy atom. The number of hydrogen-bond donors (Lipinski definition) is 4. The maximum Gasteiger partial charge on any atom is 0.269 e. The van der Waals surface area contributed by atoms with Crippen molar-refractivity contribution in [1.29, 1.82) is 0 Å². The number of ether oxygens (including phenoxy) is 2. The van der Waals surface area contributed by atoms with Gasteiger partial charge in [0.2, 0.25) is 5.91 Å². The predicted molar refractivity (Wildman–Crippen MR) is 120 cm³/mol. The third-order valence-electron chi connectivity index (χ3n) is 3.88. The molecule has 0 fully saturated rings. The molecule has 0 aliphatic carbocycles. The van der Waals surface area contributed by atoms with Crippen LogP contribution in [0.4, 0.5) is 5.69 Å². The van der Waals surface area contributed by atoms with Gasteiger partial charge in [-0.25, -0.2) is 0 Å². The summed E-state index contributed by atoms with van der Waals surface area (Å²) >= 11 is 4.98. The molecule has 2 rings (SSSR count). The molecule has 31 heavy (non-hydrogen) atoms. The van der Waals surface area contributed by atoms with Crippen LogP contribution in [0.25, 0.3) is 0 Å². The fourth-order valence-corrected chi connectivity index (χ4v) is 2.52. The van der Waals surface area contributed by atoms with Crippen LogP contribution in [0, 0.1) is 0 Å². The second-order valence-corrected chi connectivity index (χ2v) is 6.70. The van der Waals surface area contributed by atoms with Crippen molar-refractivity contribution in [2.75, 3.05) is 19.0 Å². The SMILES string of the molecule is CCCC(=O)Nc1ccc(C(=O)NNC(=S)NC(=O)COc2ccc(OC)cc2)cc1. The van der Waals surface area contributed by atoms with E-state index in [-0.39, 0.29) is 17.6 Å². The Kier molecular flexibility index (Phi) is 9.24. The zero-order valence-electron chi connectivity index (χ0n) is 17.2. The molecule has 4 N–H and O–H groups in total. The van der Waals surface area contributed by atoms with Crippen molar-refractivity contribution in [3.8, 4) is 11.5 Å². The average Bonchev–Trinajstić information content (AvgIpc) is 2.77. The Morgan fingerprint density at radius 1 is 0.903 bits per heavy atom. The molecule has 0 aliphatic heterocycles. The van der Waals surface area contributed by atoms with Crippen LogP contribution < -0.4 is 31.0 Å². The van der Waals surface area contributed by atoms with Gasteiger partial charge >= 0.3 is 0 Å². The first-order chi connectivity index (χ1) is 14.9. The van der Waals surface area contributed by atoms with E-state index in [1.165, 1.54) is 0 Å². The fraction of sp³-hybridized carbons (Fsp3) is 0.238. The highest BCUT2D eigenvalue weighted by molar-refractivity contribution is 7.80. The Hall–Kier alpha value is -3.66. The molecule has 0 bridgehead atoms. The molecule has 3 amide bonds. The molecule has 0 spiro atoms. The lowest BCUT2D eigenvalue weighted by molar-refractivity contribution is -0.121. The second-order valence-electron chi connectivity index (χ2n) is 6.30. The third-order valence-corrected chi connectivity index (χ3v) is 4.08. The Labute approximate surface area is 185 Å². The minimum absolute atomic E-state index is 0.0832.